The molecule has 2 aromatic rings. The molecule has 1 aromatic carbocycles. The third kappa shape index (κ3) is 2.74. The lowest BCUT2D eigenvalue weighted by atomic mass is 10.2. The minimum atomic E-state index is 0.684. The SMILES string of the molecule is Cc1cccnc1CN(C)c1cc(Cl)ccc1N. The Balaban J connectivity index is 2.25. The van der Waals surface area contributed by atoms with Crippen LogP contribution in [0, 0.1) is 6.92 Å². The summed E-state index contributed by atoms with van der Waals surface area (Å²) >= 11 is 6.00. The highest BCUT2D eigenvalue weighted by molar-refractivity contribution is 6.31. The van der Waals surface area contributed by atoms with Crippen molar-refractivity contribution in [3.05, 3.63) is 52.8 Å². The van der Waals surface area contributed by atoms with E-state index in [1.54, 1.807) is 12.3 Å². The van der Waals surface area contributed by atoms with Gasteiger partial charge in [-0.15, -0.1) is 0 Å². The van der Waals surface area contributed by atoms with Crippen LogP contribution in [0.4, 0.5) is 11.4 Å². The summed E-state index contributed by atoms with van der Waals surface area (Å²) in [6.07, 6.45) is 1.80. The number of halogens is 1. The molecule has 94 valence electrons. The smallest absolute Gasteiger partial charge is 0.0625 e. The van der Waals surface area contributed by atoms with Gasteiger partial charge in [-0.25, -0.2) is 0 Å². The first-order valence-electron chi connectivity index (χ1n) is 5.74. The summed E-state index contributed by atoms with van der Waals surface area (Å²) in [6, 6.07) is 9.47. The average molecular weight is 262 g/mol. The van der Waals surface area contributed by atoms with Gasteiger partial charge in [0.15, 0.2) is 0 Å². The molecule has 2 N–H and O–H groups in total. The maximum absolute atomic E-state index is 6.00. The molecule has 0 radical (unpaired) electrons. The molecule has 0 spiro atoms. The van der Waals surface area contributed by atoms with Crippen molar-refractivity contribution >= 4 is 23.0 Å². The fourth-order valence-corrected chi connectivity index (χ4v) is 2.01. The van der Waals surface area contributed by atoms with Crippen LogP contribution >= 0.6 is 11.6 Å². The van der Waals surface area contributed by atoms with Crippen molar-refractivity contribution in [2.45, 2.75) is 13.5 Å². The van der Waals surface area contributed by atoms with Gasteiger partial charge in [0, 0.05) is 18.3 Å². The lowest BCUT2D eigenvalue weighted by Gasteiger charge is -2.21. The fraction of sp³-hybridized carbons (Fsp3) is 0.214. The summed E-state index contributed by atoms with van der Waals surface area (Å²) in [7, 11) is 1.98. The molecule has 3 nitrogen and oxygen atoms in total. The Morgan fingerprint density at radius 3 is 2.83 bits per heavy atom. The predicted molar refractivity (Wildman–Crippen MR) is 76.9 cm³/mol. The van der Waals surface area contributed by atoms with Gasteiger partial charge in [-0.1, -0.05) is 17.7 Å². The van der Waals surface area contributed by atoms with E-state index < -0.39 is 0 Å². The number of aryl methyl sites for hydroxylation is 1. The number of hydrogen-bond acceptors (Lipinski definition) is 3. The molecule has 4 heteroatoms. The van der Waals surface area contributed by atoms with Crippen LogP contribution in [0.5, 0.6) is 0 Å². The molecule has 0 saturated heterocycles. The van der Waals surface area contributed by atoms with Crippen molar-refractivity contribution in [3.8, 4) is 0 Å². The van der Waals surface area contributed by atoms with Gasteiger partial charge in [-0.05, 0) is 36.8 Å². The van der Waals surface area contributed by atoms with Crippen LogP contribution in [-0.4, -0.2) is 12.0 Å². The normalized spacial score (nSPS) is 10.4. The summed E-state index contributed by atoms with van der Waals surface area (Å²) in [4.78, 5) is 6.43. The molecule has 18 heavy (non-hydrogen) atoms. The lowest BCUT2D eigenvalue weighted by Crippen LogP contribution is -2.19. The molecule has 0 amide bonds. The number of rotatable bonds is 3. The van der Waals surface area contributed by atoms with Gasteiger partial charge < -0.3 is 10.6 Å². The van der Waals surface area contributed by atoms with Crippen molar-refractivity contribution in [2.24, 2.45) is 0 Å². The Bertz CT molecular complexity index is 554. The number of anilines is 2. The molecule has 0 atom stereocenters. The fourth-order valence-electron chi connectivity index (χ4n) is 1.84. The number of hydrogen-bond donors (Lipinski definition) is 1. The number of aromatic nitrogens is 1. The van der Waals surface area contributed by atoms with E-state index in [4.69, 9.17) is 17.3 Å². The molecule has 0 aliphatic heterocycles. The number of benzene rings is 1. The lowest BCUT2D eigenvalue weighted by molar-refractivity contribution is 0.875. The summed E-state index contributed by atoms with van der Waals surface area (Å²) in [5.41, 5.74) is 9.82. The van der Waals surface area contributed by atoms with Gasteiger partial charge in [0.2, 0.25) is 0 Å². The molecule has 1 heterocycles. The van der Waals surface area contributed by atoms with E-state index in [0.717, 1.165) is 17.1 Å². The monoisotopic (exact) mass is 261 g/mol. The maximum Gasteiger partial charge on any atom is 0.0625 e. The third-order valence-electron chi connectivity index (χ3n) is 2.91. The zero-order chi connectivity index (χ0) is 13.1. The van der Waals surface area contributed by atoms with Gasteiger partial charge in [-0.3, -0.25) is 4.98 Å². The van der Waals surface area contributed by atoms with Crippen LogP contribution in [0.3, 0.4) is 0 Å². The zero-order valence-electron chi connectivity index (χ0n) is 10.5. The van der Waals surface area contributed by atoms with E-state index in [9.17, 15) is 0 Å². The zero-order valence-corrected chi connectivity index (χ0v) is 11.3. The summed E-state index contributed by atoms with van der Waals surface area (Å²) in [5, 5.41) is 0.684. The van der Waals surface area contributed by atoms with E-state index in [-0.39, 0.29) is 0 Å². The second kappa shape index (κ2) is 5.27. The van der Waals surface area contributed by atoms with Crippen molar-refractivity contribution in [1.82, 2.24) is 4.98 Å². The van der Waals surface area contributed by atoms with E-state index in [1.165, 1.54) is 5.56 Å². The van der Waals surface area contributed by atoms with Crippen LogP contribution in [0.15, 0.2) is 36.5 Å². The van der Waals surface area contributed by atoms with Crippen LogP contribution < -0.4 is 10.6 Å². The van der Waals surface area contributed by atoms with Crippen LogP contribution in [0.2, 0.25) is 5.02 Å². The quantitative estimate of drug-likeness (QED) is 0.863. The van der Waals surface area contributed by atoms with Gasteiger partial charge in [0.1, 0.15) is 0 Å². The van der Waals surface area contributed by atoms with Crippen LogP contribution in [-0.2, 0) is 6.54 Å². The van der Waals surface area contributed by atoms with E-state index >= 15 is 0 Å². The summed E-state index contributed by atoms with van der Waals surface area (Å²) in [5.74, 6) is 0. The highest BCUT2D eigenvalue weighted by Crippen LogP contribution is 2.27. The van der Waals surface area contributed by atoms with Crippen molar-refractivity contribution in [2.75, 3.05) is 17.7 Å². The molecule has 0 aliphatic rings. The first kappa shape index (κ1) is 12.7. The number of nitrogen functional groups attached to an aromatic ring is 1. The minimum Gasteiger partial charge on any atom is -0.397 e. The van der Waals surface area contributed by atoms with Crippen molar-refractivity contribution in [1.29, 1.82) is 0 Å². The minimum absolute atomic E-state index is 0.684. The van der Waals surface area contributed by atoms with Gasteiger partial charge >= 0.3 is 0 Å². The van der Waals surface area contributed by atoms with Crippen LogP contribution in [0.1, 0.15) is 11.3 Å². The second-order valence-corrected chi connectivity index (χ2v) is 4.76. The second-order valence-electron chi connectivity index (χ2n) is 4.33. The van der Waals surface area contributed by atoms with E-state index in [1.807, 2.05) is 25.2 Å². The van der Waals surface area contributed by atoms with Crippen LogP contribution in [0.25, 0.3) is 0 Å². The molecule has 0 fully saturated rings. The molecular weight excluding hydrogens is 246 g/mol. The van der Waals surface area contributed by atoms with Gasteiger partial charge in [0.25, 0.3) is 0 Å². The van der Waals surface area contributed by atoms with Gasteiger partial charge in [-0.2, -0.15) is 0 Å². The Morgan fingerprint density at radius 1 is 1.33 bits per heavy atom. The van der Waals surface area contributed by atoms with E-state index in [0.29, 0.717) is 11.6 Å². The summed E-state index contributed by atoms with van der Waals surface area (Å²) < 4.78 is 0. The predicted octanol–water partition coefficient (Wildman–Crippen LogP) is 3.26. The topological polar surface area (TPSA) is 42.2 Å². The van der Waals surface area contributed by atoms with Crippen molar-refractivity contribution < 1.29 is 0 Å². The highest BCUT2D eigenvalue weighted by atomic mass is 35.5. The standard InChI is InChI=1S/C14H16ClN3/c1-10-4-3-7-17-13(10)9-18(2)14-8-11(15)5-6-12(14)16/h3-8H,9,16H2,1-2H3. The molecule has 0 saturated carbocycles. The maximum atomic E-state index is 6.00. The first-order chi connectivity index (χ1) is 8.58. The van der Waals surface area contributed by atoms with E-state index in [2.05, 4.69) is 22.9 Å². The van der Waals surface area contributed by atoms with Gasteiger partial charge in [0.05, 0.1) is 23.6 Å². The molecular formula is C14H16ClN3. The number of nitrogens with zero attached hydrogens (tertiary/aromatic N) is 2. The molecule has 2 rings (SSSR count). The number of nitrogens with two attached hydrogens (primary N) is 1. The highest BCUT2D eigenvalue weighted by Gasteiger charge is 2.08. The Morgan fingerprint density at radius 2 is 2.11 bits per heavy atom. The third-order valence-corrected chi connectivity index (χ3v) is 3.14. The Hall–Kier alpha value is -1.74. The molecule has 1 aromatic heterocycles. The molecule has 0 unspecified atom stereocenters. The Labute approximate surface area is 112 Å². The molecule has 0 bridgehead atoms. The average Bonchev–Trinajstić information content (AvgIpc) is 2.35. The van der Waals surface area contributed by atoms with Crippen molar-refractivity contribution in [3.63, 3.8) is 0 Å². The number of pyridine rings is 1. The largest absolute Gasteiger partial charge is 0.397 e. The molecule has 0 aliphatic carbocycles. The first-order valence-corrected chi connectivity index (χ1v) is 6.12. The summed E-state index contributed by atoms with van der Waals surface area (Å²) in [6.45, 7) is 2.76. The Kier molecular flexibility index (Phi) is 3.72.